The smallest absolute Gasteiger partial charge is 0.303 e. The van der Waals surface area contributed by atoms with Crippen molar-refractivity contribution in [2.45, 2.75) is 58.3 Å². The van der Waals surface area contributed by atoms with Gasteiger partial charge in [-0.25, -0.2) is 0 Å². The molecular formula is C21H25N3O11S. The van der Waals surface area contributed by atoms with Gasteiger partial charge in [0.15, 0.2) is 29.7 Å². The minimum atomic E-state index is -1.39. The molecule has 5 atom stereocenters. The number of carbonyl (C=O) groups is 4. The molecule has 1 heterocycles. The second-order valence-electron chi connectivity index (χ2n) is 7.49. The Labute approximate surface area is 210 Å². The van der Waals surface area contributed by atoms with Gasteiger partial charge in [0.25, 0.3) is 5.69 Å². The van der Waals surface area contributed by atoms with E-state index in [1.165, 1.54) is 18.2 Å². The number of carbonyl (C=O) groups excluding carboxylic acids is 4. The Bertz CT molecular complexity index is 1030. The fourth-order valence-electron chi connectivity index (χ4n) is 3.37. The van der Waals surface area contributed by atoms with Gasteiger partial charge in [-0.1, -0.05) is 12.1 Å². The summed E-state index contributed by atoms with van der Waals surface area (Å²) in [4.78, 5) is 57.6. The van der Waals surface area contributed by atoms with Crippen molar-refractivity contribution in [3.05, 3.63) is 34.4 Å². The molecule has 0 spiro atoms. The predicted molar refractivity (Wildman–Crippen MR) is 124 cm³/mol. The van der Waals surface area contributed by atoms with Crippen LogP contribution in [0.25, 0.3) is 0 Å². The molecule has 1 fully saturated rings. The molecule has 0 amide bonds. The maximum absolute atomic E-state index is 11.9. The highest BCUT2D eigenvalue weighted by molar-refractivity contribution is 7.80. The standard InChI is InChI=1S/C21H25N3O11S/c1-10(25)31-9-16-17(32-11(2)26)18(33-12(3)27)19(34-13(4)28)20(35-16)23-21(36)22-14-7-5-6-8-15(14)24(29)30/h5-8,16-20H,9H2,1-4H3,(H2,22,23,36)/t16-,17-,18+,19+,20-/m1/s1. The van der Waals surface area contributed by atoms with Crippen molar-refractivity contribution < 1.29 is 47.8 Å². The lowest BCUT2D eigenvalue weighted by atomic mass is 9.97. The molecule has 1 aliphatic heterocycles. The van der Waals surface area contributed by atoms with E-state index in [1.807, 2.05) is 0 Å². The van der Waals surface area contributed by atoms with E-state index in [0.29, 0.717) is 0 Å². The number of nitro benzene ring substituents is 1. The molecule has 14 nitrogen and oxygen atoms in total. The number of benzene rings is 1. The molecule has 0 unspecified atom stereocenters. The highest BCUT2D eigenvalue weighted by Gasteiger charge is 2.52. The minimum absolute atomic E-state index is 0.0608. The van der Waals surface area contributed by atoms with E-state index in [-0.39, 0.29) is 16.5 Å². The topological polar surface area (TPSA) is 182 Å². The molecule has 0 saturated carbocycles. The Balaban J connectivity index is 2.40. The van der Waals surface area contributed by atoms with E-state index in [9.17, 15) is 29.3 Å². The average molecular weight is 528 g/mol. The summed E-state index contributed by atoms with van der Waals surface area (Å²) in [6.07, 6.45) is -6.62. The Morgan fingerprint density at radius 1 is 0.944 bits per heavy atom. The zero-order chi connectivity index (χ0) is 27.0. The maximum atomic E-state index is 11.9. The number of anilines is 1. The first-order valence-corrected chi connectivity index (χ1v) is 10.9. The molecule has 1 saturated heterocycles. The molecule has 196 valence electrons. The van der Waals surface area contributed by atoms with E-state index in [1.54, 1.807) is 6.07 Å². The van der Waals surface area contributed by atoms with Gasteiger partial charge in [0.1, 0.15) is 18.4 Å². The zero-order valence-electron chi connectivity index (χ0n) is 19.7. The van der Waals surface area contributed by atoms with Crippen LogP contribution in [0.5, 0.6) is 0 Å². The lowest BCUT2D eigenvalue weighted by Crippen LogP contribution is -2.66. The first-order chi connectivity index (χ1) is 16.9. The third-order valence-corrected chi connectivity index (χ3v) is 4.83. The Kier molecular flexibility index (Phi) is 10.0. The summed E-state index contributed by atoms with van der Waals surface area (Å²) in [6.45, 7) is 4.02. The molecule has 15 heteroatoms. The first-order valence-electron chi connectivity index (χ1n) is 10.5. The minimum Gasteiger partial charge on any atom is -0.463 e. The van der Waals surface area contributed by atoms with E-state index >= 15 is 0 Å². The molecule has 0 bridgehead atoms. The van der Waals surface area contributed by atoms with E-state index < -0.39 is 66.1 Å². The summed E-state index contributed by atoms with van der Waals surface area (Å²) in [5.74, 6) is -3.01. The van der Waals surface area contributed by atoms with E-state index in [4.69, 9.17) is 35.9 Å². The van der Waals surface area contributed by atoms with Gasteiger partial charge >= 0.3 is 23.9 Å². The highest BCUT2D eigenvalue weighted by atomic mass is 32.1. The van der Waals surface area contributed by atoms with Gasteiger partial charge in [-0.05, 0) is 18.3 Å². The van der Waals surface area contributed by atoms with Gasteiger partial charge in [0.05, 0.1) is 4.92 Å². The Morgan fingerprint density at radius 2 is 1.50 bits per heavy atom. The van der Waals surface area contributed by atoms with Gasteiger partial charge < -0.3 is 34.3 Å². The van der Waals surface area contributed by atoms with Crippen molar-refractivity contribution in [3.8, 4) is 0 Å². The van der Waals surface area contributed by atoms with Crippen LogP contribution in [0.2, 0.25) is 0 Å². The predicted octanol–water partition coefficient (Wildman–Crippen LogP) is 0.964. The van der Waals surface area contributed by atoms with Crippen LogP contribution in [0.1, 0.15) is 27.7 Å². The number of nitro groups is 1. The van der Waals surface area contributed by atoms with Gasteiger partial charge in [0.2, 0.25) is 0 Å². The number of esters is 4. The lowest BCUT2D eigenvalue weighted by molar-refractivity contribution is -0.383. The first kappa shape index (κ1) is 28.4. The third-order valence-electron chi connectivity index (χ3n) is 4.61. The summed E-state index contributed by atoms with van der Waals surface area (Å²) < 4.78 is 26.8. The number of thiocarbonyl (C=S) groups is 1. The summed E-state index contributed by atoms with van der Waals surface area (Å²) in [5, 5.41) is 16.5. The number of hydrogen-bond acceptors (Lipinski definition) is 12. The number of ether oxygens (including phenoxy) is 5. The molecule has 2 N–H and O–H groups in total. The monoisotopic (exact) mass is 527 g/mol. The summed E-state index contributed by atoms with van der Waals surface area (Å²) in [7, 11) is 0. The number of para-hydroxylation sites is 2. The van der Waals surface area contributed by atoms with Crippen molar-refractivity contribution in [1.29, 1.82) is 0 Å². The van der Waals surface area contributed by atoms with Crippen molar-refractivity contribution in [2.24, 2.45) is 0 Å². The highest BCUT2D eigenvalue weighted by Crippen LogP contribution is 2.29. The zero-order valence-corrected chi connectivity index (χ0v) is 20.6. The van der Waals surface area contributed by atoms with E-state index in [0.717, 1.165) is 27.7 Å². The molecule has 1 aliphatic rings. The van der Waals surface area contributed by atoms with Crippen molar-refractivity contribution in [2.75, 3.05) is 11.9 Å². The van der Waals surface area contributed by atoms with Crippen LogP contribution in [0.3, 0.4) is 0 Å². The van der Waals surface area contributed by atoms with Crippen LogP contribution in [-0.2, 0) is 42.9 Å². The van der Waals surface area contributed by atoms with E-state index in [2.05, 4.69) is 10.6 Å². The van der Waals surface area contributed by atoms with Gasteiger partial charge in [-0.3, -0.25) is 29.3 Å². The molecule has 0 aromatic heterocycles. The largest absolute Gasteiger partial charge is 0.463 e. The van der Waals surface area contributed by atoms with Crippen molar-refractivity contribution in [1.82, 2.24) is 5.32 Å². The second kappa shape index (κ2) is 12.7. The molecule has 0 radical (unpaired) electrons. The summed E-state index contributed by atoms with van der Waals surface area (Å²) >= 11 is 5.26. The third kappa shape index (κ3) is 8.13. The number of rotatable bonds is 8. The normalized spacial score (nSPS) is 22.9. The average Bonchev–Trinajstić information content (AvgIpc) is 2.75. The van der Waals surface area contributed by atoms with Gasteiger partial charge in [0, 0.05) is 33.8 Å². The van der Waals surface area contributed by atoms with Gasteiger partial charge in [-0.15, -0.1) is 0 Å². The molecular weight excluding hydrogens is 502 g/mol. The van der Waals surface area contributed by atoms with Crippen LogP contribution in [0.15, 0.2) is 24.3 Å². The fraction of sp³-hybridized carbons (Fsp3) is 0.476. The number of nitrogens with one attached hydrogen (secondary N) is 2. The second-order valence-corrected chi connectivity index (χ2v) is 7.90. The lowest BCUT2D eigenvalue weighted by Gasteiger charge is -2.44. The quantitative estimate of drug-likeness (QED) is 0.160. The Hall–Kier alpha value is -3.85. The number of nitrogens with zero attached hydrogens (tertiary/aromatic N) is 1. The van der Waals surface area contributed by atoms with Gasteiger partial charge in [-0.2, -0.15) is 0 Å². The van der Waals surface area contributed by atoms with Crippen LogP contribution in [0, 0.1) is 10.1 Å². The van der Waals surface area contributed by atoms with Crippen molar-refractivity contribution in [3.63, 3.8) is 0 Å². The molecule has 2 rings (SSSR count). The summed E-state index contributed by atoms with van der Waals surface area (Å²) in [5.41, 5.74) is -0.200. The maximum Gasteiger partial charge on any atom is 0.303 e. The fourth-order valence-corrected chi connectivity index (χ4v) is 3.60. The van der Waals surface area contributed by atoms with Crippen LogP contribution >= 0.6 is 12.2 Å². The van der Waals surface area contributed by atoms with Crippen LogP contribution in [0.4, 0.5) is 11.4 Å². The van der Waals surface area contributed by atoms with Crippen molar-refractivity contribution >= 4 is 52.6 Å². The summed E-state index contributed by atoms with van der Waals surface area (Å²) in [6, 6.07) is 5.70. The molecule has 1 aromatic rings. The SMILES string of the molecule is CC(=O)OC[C@H]1O[C@@H](NC(=S)Nc2ccccc2[N+](=O)[O-])[C@@H](OC(C)=O)[C@@H](OC(C)=O)[C@@H]1OC(C)=O. The molecule has 0 aliphatic carbocycles. The Morgan fingerprint density at radius 3 is 2.06 bits per heavy atom. The number of hydrogen-bond donors (Lipinski definition) is 2. The van der Waals surface area contributed by atoms with Crippen LogP contribution < -0.4 is 10.6 Å². The molecule has 36 heavy (non-hydrogen) atoms. The van der Waals surface area contributed by atoms with Crippen LogP contribution in [-0.4, -0.2) is 71.2 Å². The molecule has 1 aromatic carbocycles.